The zero-order chi connectivity index (χ0) is 27.0. The molecule has 0 bridgehead atoms. The highest BCUT2D eigenvalue weighted by molar-refractivity contribution is 6.00. The normalized spacial score (nSPS) is 14.2. The van der Waals surface area contributed by atoms with Crippen molar-refractivity contribution >= 4 is 16.3 Å². The second-order valence-corrected chi connectivity index (χ2v) is 10.2. The number of benzene rings is 6. The summed E-state index contributed by atoms with van der Waals surface area (Å²) in [6.07, 6.45) is 2.15. The number of hydrogen-bond donors (Lipinski definition) is 1. The quantitative estimate of drug-likeness (QED) is 0.249. The lowest BCUT2D eigenvalue weighted by Gasteiger charge is -2.43. The monoisotopic (exact) mass is 516 g/mol. The van der Waals surface area contributed by atoms with Crippen LogP contribution < -0.4 is 4.74 Å². The molecular weight excluding hydrogens is 488 g/mol. The van der Waals surface area contributed by atoms with Gasteiger partial charge >= 0.3 is 0 Å². The third-order valence-electron chi connectivity index (χ3n) is 7.96. The number of ether oxygens (including phenoxy) is 1. The molecule has 0 radical (unpaired) electrons. The molecule has 6 aromatic carbocycles. The highest BCUT2D eigenvalue weighted by Crippen LogP contribution is 2.54. The van der Waals surface area contributed by atoms with E-state index in [1.54, 1.807) is 0 Å². The molecule has 0 aliphatic carbocycles. The van der Waals surface area contributed by atoms with E-state index in [0.717, 1.165) is 49.9 Å². The van der Waals surface area contributed by atoms with Crippen molar-refractivity contribution in [3.05, 3.63) is 192 Å². The fourth-order valence-electron chi connectivity index (χ4n) is 6.04. The minimum absolute atomic E-state index is 0.731. The Balaban J connectivity index is 1.65. The average molecular weight is 517 g/mol. The third kappa shape index (κ3) is 3.77. The molecule has 0 amide bonds. The molecule has 0 saturated heterocycles. The van der Waals surface area contributed by atoms with Crippen molar-refractivity contribution in [1.29, 1.82) is 0 Å². The molecule has 0 spiro atoms. The van der Waals surface area contributed by atoms with Gasteiger partial charge in [0.2, 0.25) is 0 Å². The van der Waals surface area contributed by atoms with E-state index in [9.17, 15) is 5.11 Å². The maximum absolute atomic E-state index is 13.2. The van der Waals surface area contributed by atoms with Gasteiger partial charge in [-0.15, -0.1) is 0 Å². The highest BCUT2D eigenvalue weighted by Gasteiger charge is 2.46. The SMILES string of the molecule is OC(C1=CC(c2ccccc2)(c2ccccc2)Oc2ccc3ccccc3c21)(c1ccccc1)c1ccccc1. The molecule has 6 aromatic rings. The summed E-state index contributed by atoms with van der Waals surface area (Å²) in [5.74, 6) is 0.731. The van der Waals surface area contributed by atoms with Gasteiger partial charge in [0.1, 0.15) is 11.4 Å². The second-order valence-electron chi connectivity index (χ2n) is 10.2. The van der Waals surface area contributed by atoms with E-state index >= 15 is 0 Å². The van der Waals surface area contributed by atoms with Crippen molar-refractivity contribution < 1.29 is 9.84 Å². The largest absolute Gasteiger partial charge is 0.473 e. The van der Waals surface area contributed by atoms with Gasteiger partial charge in [0.15, 0.2) is 5.60 Å². The first-order chi connectivity index (χ1) is 19.7. The fraction of sp³-hybridized carbons (Fsp3) is 0.0526. The summed E-state index contributed by atoms with van der Waals surface area (Å²) in [4.78, 5) is 0. The van der Waals surface area contributed by atoms with Gasteiger partial charge in [-0.25, -0.2) is 0 Å². The van der Waals surface area contributed by atoms with Gasteiger partial charge in [-0.1, -0.05) is 152 Å². The first-order valence-corrected chi connectivity index (χ1v) is 13.6. The maximum atomic E-state index is 13.2. The predicted molar refractivity (Wildman–Crippen MR) is 162 cm³/mol. The fourth-order valence-corrected chi connectivity index (χ4v) is 6.04. The molecule has 1 heterocycles. The lowest BCUT2D eigenvalue weighted by molar-refractivity contribution is 0.128. The molecule has 40 heavy (non-hydrogen) atoms. The lowest BCUT2D eigenvalue weighted by atomic mass is 9.71. The third-order valence-corrected chi connectivity index (χ3v) is 7.96. The van der Waals surface area contributed by atoms with Crippen LogP contribution in [0, 0.1) is 0 Å². The standard InChI is InChI=1S/C38H28O2/c39-38(31-20-9-3-10-21-31,32-22-11-4-12-23-32)34-27-37(29-16-5-1-6-17-29,30-18-7-2-8-19-30)40-35-26-25-28-15-13-14-24-33(28)36(34)35/h1-27,39H. The highest BCUT2D eigenvalue weighted by atomic mass is 16.5. The van der Waals surface area contributed by atoms with Crippen LogP contribution in [0.2, 0.25) is 0 Å². The smallest absolute Gasteiger partial charge is 0.178 e. The molecule has 2 nitrogen and oxygen atoms in total. The van der Waals surface area contributed by atoms with E-state index in [1.165, 1.54) is 0 Å². The van der Waals surface area contributed by atoms with Gasteiger partial charge in [0, 0.05) is 22.3 Å². The maximum Gasteiger partial charge on any atom is 0.178 e. The Morgan fingerprint density at radius 2 is 0.975 bits per heavy atom. The topological polar surface area (TPSA) is 29.5 Å². The molecule has 0 saturated carbocycles. The van der Waals surface area contributed by atoms with Crippen molar-refractivity contribution in [3.8, 4) is 5.75 Å². The molecule has 0 unspecified atom stereocenters. The summed E-state index contributed by atoms with van der Waals surface area (Å²) in [5, 5.41) is 15.3. The molecule has 0 atom stereocenters. The Hall–Kier alpha value is -4.92. The lowest BCUT2D eigenvalue weighted by Crippen LogP contribution is -2.39. The van der Waals surface area contributed by atoms with Gasteiger partial charge in [0.25, 0.3) is 0 Å². The summed E-state index contributed by atoms with van der Waals surface area (Å²) < 4.78 is 7.11. The molecule has 1 aliphatic heterocycles. The summed E-state index contributed by atoms with van der Waals surface area (Å²) >= 11 is 0. The van der Waals surface area contributed by atoms with E-state index < -0.39 is 11.2 Å². The average Bonchev–Trinajstić information content (AvgIpc) is 3.05. The Labute approximate surface area is 234 Å². The van der Waals surface area contributed by atoms with Crippen molar-refractivity contribution in [2.75, 3.05) is 0 Å². The van der Waals surface area contributed by atoms with Crippen LogP contribution in [-0.4, -0.2) is 5.11 Å². The molecule has 192 valence electrons. The van der Waals surface area contributed by atoms with Crippen LogP contribution in [0.25, 0.3) is 16.3 Å². The van der Waals surface area contributed by atoms with Crippen LogP contribution in [0.5, 0.6) is 5.75 Å². The van der Waals surface area contributed by atoms with Crippen LogP contribution in [-0.2, 0) is 11.2 Å². The van der Waals surface area contributed by atoms with E-state index in [1.807, 2.05) is 115 Å². The second kappa shape index (κ2) is 9.68. The van der Waals surface area contributed by atoms with E-state index in [4.69, 9.17) is 4.74 Å². The molecule has 7 rings (SSSR count). The summed E-state index contributed by atoms with van der Waals surface area (Å²) in [6, 6.07) is 52.9. The molecule has 0 fully saturated rings. The van der Waals surface area contributed by atoms with E-state index in [2.05, 4.69) is 48.5 Å². The Kier molecular flexibility index (Phi) is 5.84. The summed E-state index contributed by atoms with van der Waals surface area (Å²) in [6.45, 7) is 0. The van der Waals surface area contributed by atoms with Gasteiger partial charge in [-0.05, 0) is 34.0 Å². The van der Waals surface area contributed by atoms with Crippen LogP contribution in [0.1, 0.15) is 27.8 Å². The number of hydrogen-bond acceptors (Lipinski definition) is 2. The van der Waals surface area contributed by atoms with Crippen LogP contribution in [0.15, 0.2) is 164 Å². The zero-order valence-electron chi connectivity index (χ0n) is 21.9. The molecule has 0 aromatic heterocycles. The van der Waals surface area contributed by atoms with E-state index in [0.29, 0.717) is 0 Å². The van der Waals surface area contributed by atoms with E-state index in [-0.39, 0.29) is 0 Å². The van der Waals surface area contributed by atoms with Crippen LogP contribution in [0.3, 0.4) is 0 Å². The molecule has 1 aliphatic rings. The Bertz CT molecular complexity index is 1730. The predicted octanol–water partition coefficient (Wildman–Crippen LogP) is 8.50. The number of aliphatic hydroxyl groups is 1. The molecule has 1 N–H and O–H groups in total. The van der Waals surface area contributed by atoms with Crippen molar-refractivity contribution in [3.63, 3.8) is 0 Å². The number of fused-ring (bicyclic) bond motifs is 3. The van der Waals surface area contributed by atoms with Crippen LogP contribution >= 0.6 is 0 Å². The van der Waals surface area contributed by atoms with Gasteiger partial charge in [0.05, 0.1) is 0 Å². The molecule has 2 heteroatoms. The van der Waals surface area contributed by atoms with Gasteiger partial charge < -0.3 is 9.84 Å². The van der Waals surface area contributed by atoms with Gasteiger partial charge in [-0.3, -0.25) is 0 Å². The summed E-state index contributed by atoms with van der Waals surface area (Å²) in [7, 11) is 0. The first-order valence-electron chi connectivity index (χ1n) is 13.6. The van der Waals surface area contributed by atoms with Crippen molar-refractivity contribution in [2.45, 2.75) is 11.2 Å². The number of rotatable bonds is 5. The molecular formula is C38H28O2. The first kappa shape index (κ1) is 24.1. The van der Waals surface area contributed by atoms with Crippen molar-refractivity contribution in [2.24, 2.45) is 0 Å². The minimum atomic E-state index is -1.46. The van der Waals surface area contributed by atoms with Crippen LogP contribution in [0.4, 0.5) is 0 Å². The van der Waals surface area contributed by atoms with Crippen molar-refractivity contribution in [1.82, 2.24) is 0 Å². The Morgan fingerprint density at radius 3 is 1.52 bits per heavy atom. The minimum Gasteiger partial charge on any atom is -0.473 e. The Morgan fingerprint density at radius 1 is 0.500 bits per heavy atom. The zero-order valence-corrected chi connectivity index (χ0v) is 21.9. The van der Waals surface area contributed by atoms with Gasteiger partial charge in [-0.2, -0.15) is 0 Å². The summed E-state index contributed by atoms with van der Waals surface area (Å²) in [5.41, 5.74) is 2.82.